The average molecular weight is 284 g/mol. The molecule has 94 valence electrons. The number of aromatic nitrogens is 2. The summed E-state index contributed by atoms with van der Waals surface area (Å²) in [5.41, 5.74) is 3.29. The summed E-state index contributed by atoms with van der Waals surface area (Å²) in [6.07, 6.45) is 0. The fourth-order valence-electron chi connectivity index (χ4n) is 1.25. The van der Waals surface area contributed by atoms with E-state index in [1.165, 1.54) is 11.3 Å². The van der Waals surface area contributed by atoms with Gasteiger partial charge in [0.25, 0.3) is 5.91 Å². The number of hydrogen-bond acceptors (Lipinski definition) is 6. The highest BCUT2D eigenvalue weighted by Crippen LogP contribution is 2.19. The molecule has 0 aliphatic carbocycles. The van der Waals surface area contributed by atoms with Gasteiger partial charge in [0.05, 0.1) is 10.7 Å². The van der Waals surface area contributed by atoms with Gasteiger partial charge in [0.15, 0.2) is 5.13 Å². The van der Waals surface area contributed by atoms with E-state index >= 15 is 0 Å². The number of thiazole rings is 1. The molecule has 18 heavy (non-hydrogen) atoms. The van der Waals surface area contributed by atoms with Crippen LogP contribution in [0.3, 0.4) is 0 Å². The van der Waals surface area contributed by atoms with Crippen LogP contribution in [0.2, 0.25) is 5.02 Å². The van der Waals surface area contributed by atoms with Crippen molar-refractivity contribution in [1.82, 2.24) is 9.97 Å². The number of carbonyl (C=O) groups excluding carboxylic acids is 1. The second-order valence-electron chi connectivity index (χ2n) is 3.42. The van der Waals surface area contributed by atoms with E-state index in [-0.39, 0.29) is 10.7 Å². The summed E-state index contributed by atoms with van der Waals surface area (Å²) in [5, 5.41) is 5.21. The zero-order valence-corrected chi connectivity index (χ0v) is 11.0. The SMILES string of the molecule is Cc1csc(NC(=O)c2nc(NN)ccc2Cl)n1. The molecule has 2 aromatic heterocycles. The van der Waals surface area contributed by atoms with Gasteiger partial charge in [0.1, 0.15) is 11.5 Å². The van der Waals surface area contributed by atoms with E-state index in [0.717, 1.165) is 5.69 Å². The Morgan fingerprint density at radius 2 is 2.22 bits per heavy atom. The first-order valence-corrected chi connectivity index (χ1v) is 6.22. The topological polar surface area (TPSA) is 92.9 Å². The summed E-state index contributed by atoms with van der Waals surface area (Å²) in [6.45, 7) is 1.84. The molecule has 0 radical (unpaired) electrons. The van der Waals surface area contributed by atoms with Gasteiger partial charge in [0, 0.05) is 5.38 Å². The molecule has 1 amide bonds. The summed E-state index contributed by atoms with van der Waals surface area (Å²) in [5.74, 6) is 5.16. The van der Waals surface area contributed by atoms with Crippen LogP contribution in [0.5, 0.6) is 0 Å². The van der Waals surface area contributed by atoms with Crippen molar-refractivity contribution in [2.75, 3.05) is 10.7 Å². The summed E-state index contributed by atoms with van der Waals surface area (Å²) >= 11 is 7.24. The van der Waals surface area contributed by atoms with Crippen molar-refractivity contribution in [1.29, 1.82) is 0 Å². The first-order chi connectivity index (χ1) is 8.60. The van der Waals surface area contributed by atoms with Crippen molar-refractivity contribution in [3.63, 3.8) is 0 Å². The van der Waals surface area contributed by atoms with Crippen molar-refractivity contribution in [2.45, 2.75) is 6.92 Å². The molecule has 4 N–H and O–H groups in total. The number of nitrogens with zero attached hydrogens (tertiary/aromatic N) is 2. The van der Waals surface area contributed by atoms with Gasteiger partial charge in [-0.05, 0) is 19.1 Å². The summed E-state index contributed by atoms with van der Waals surface area (Å²) in [6, 6.07) is 3.12. The number of rotatable bonds is 3. The van der Waals surface area contributed by atoms with Gasteiger partial charge in [-0.25, -0.2) is 15.8 Å². The van der Waals surface area contributed by atoms with Gasteiger partial charge in [-0.2, -0.15) is 0 Å². The zero-order valence-electron chi connectivity index (χ0n) is 9.40. The number of nitrogen functional groups attached to an aromatic ring is 1. The summed E-state index contributed by atoms with van der Waals surface area (Å²) < 4.78 is 0. The molecule has 0 bridgehead atoms. The number of aryl methyl sites for hydroxylation is 1. The zero-order chi connectivity index (χ0) is 13.1. The molecule has 0 saturated heterocycles. The van der Waals surface area contributed by atoms with Crippen LogP contribution in [-0.2, 0) is 0 Å². The van der Waals surface area contributed by atoms with Gasteiger partial charge in [-0.15, -0.1) is 11.3 Å². The Labute approximate surface area is 112 Å². The van der Waals surface area contributed by atoms with Crippen LogP contribution in [0.15, 0.2) is 17.5 Å². The standard InChI is InChI=1S/C10H10ClN5OS/c1-5-4-18-10(13-5)15-9(17)8-6(11)2-3-7(14-8)16-12/h2-4H,12H2,1H3,(H,14,16)(H,13,15,17). The van der Waals surface area contributed by atoms with E-state index < -0.39 is 5.91 Å². The molecule has 0 atom stereocenters. The maximum Gasteiger partial charge on any atom is 0.277 e. The highest BCUT2D eigenvalue weighted by molar-refractivity contribution is 7.13. The molecule has 0 unspecified atom stereocenters. The molecule has 0 aromatic carbocycles. The lowest BCUT2D eigenvalue weighted by molar-refractivity contribution is 0.102. The molecular formula is C10H10ClN5OS. The van der Waals surface area contributed by atoms with Gasteiger partial charge < -0.3 is 5.43 Å². The monoisotopic (exact) mass is 283 g/mol. The largest absolute Gasteiger partial charge is 0.308 e. The minimum absolute atomic E-state index is 0.0972. The maximum atomic E-state index is 12.0. The van der Waals surface area contributed by atoms with Gasteiger partial charge in [-0.1, -0.05) is 11.6 Å². The molecule has 2 heterocycles. The van der Waals surface area contributed by atoms with Crippen molar-refractivity contribution in [2.24, 2.45) is 5.84 Å². The second kappa shape index (κ2) is 5.30. The van der Waals surface area contributed by atoms with Crippen LogP contribution in [0.25, 0.3) is 0 Å². The lowest BCUT2D eigenvalue weighted by Crippen LogP contribution is -2.16. The Morgan fingerprint density at radius 1 is 1.44 bits per heavy atom. The number of halogens is 1. The van der Waals surface area contributed by atoms with Gasteiger partial charge >= 0.3 is 0 Å². The van der Waals surface area contributed by atoms with Crippen LogP contribution < -0.4 is 16.6 Å². The van der Waals surface area contributed by atoms with Crippen LogP contribution in [-0.4, -0.2) is 15.9 Å². The van der Waals surface area contributed by atoms with Gasteiger partial charge in [-0.3, -0.25) is 10.1 Å². The van der Waals surface area contributed by atoms with Gasteiger partial charge in [0.2, 0.25) is 0 Å². The van der Waals surface area contributed by atoms with Crippen molar-refractivity contribution in [3.05, 3.63) is 33.9 Å². The molecule has 0 fully saturated rings. The number of hydrazine groups is 1. The fourth-order valence-corrected chi connectivity index (χ4v) is 2.12. The molecule has 8 heteroatoms. The average Bonchev–Trinajstić information content (AvgIpc) is 2.75. The lowest BCUT2D eigenvalue weighted by atomic mass is 10.3. The third-order valence-corrected chi connectivity index (χ3v) is 3.23. The Hall–Kier alpha value is -1.70. The van der Waals surface area contributed by atoms with Crippen LogP contribution in [0.4, 0.5) is 10.9 Å². The normalized spacial score (nSPS) is 10.2. The third-order valence-electron chi connectivity index (χ3n) is 2.05. The predicted molar refractivity (Wildman–Crippen MR) is 71.9 cm³/mol. The van der Waals surface area contributed by atoms with Crippen LogP contribution >= 0.6 is 22.9 Å². The third kappa shape index (κ3) is 2.76. The molecule has 0 aliphatic heterocycles. The van der Waals surface area contributed by atoms with E-state index in [9.17, 15) is 4.79 Å². The predicted octanol–water partition coefficient (Wildman–Crippen LogP) is 2.04. The van der Waals surface area contributed by atoms with E-state index in [4.69, 9.17) is 17.4 Å². The lowest BCUT2D eigenvalue weighted by Gasteiger charge is -2.05. The number of anilines is 2. The number of nitrogens with one attached hydrogen (secondary N) is 2. The molecule has 0 aliphatic rings. The fraction of sp³-hybridized carbons (Fsp3) is 0.100. The first-order valence-electron chi connectivity index (χ1n) is 4.97. The number of amides is 1. The summed E-state index contributed by atoms with van der Waals surface area (Å²) in [7, 11) is 0. The number of pyridine rings is 1. The quantitative estimate of drug-likeness (QED) is 0.592. The molecule has 2 aromatic rings. The molecule has 6 nitrogen and oxygen atoms in total. The smallest absolute Gasteiger partial charge is 0.277 e. The number of nitrogens with two attached hydrogens (primary N) is 1. The number of hydrogen-bond donors (Lipinski definition) is 3. The Balaban J connectivity index is 2.23. The second-order valence-corrected chi connectivity index (χ2v) is 4.68. The molecule has 0 saturated carbocycles. The first kappa shape index (κ1) is 12.7. The molecular weight excluding hydrogens is 274 g/mol. The maximum absolute atomic E-state index is 12.0. The highest BCUT2D eigenvalue weighted by atomic mass is 35.5. The van der Waals surface area contributed by atoms with Crippen LogP contribution in [0.1, 0.15) is 16.2 Å². The van der Waals surface area contributed by atoms with Crippen LogP contribution in [0, 0.1) is 6.92 Å². The van der Waals surface area contributed by atoms with Crippen molar-refractivity contribution in [3.8, 4) is 0 Å². The Bertz CT molecular complexity index is 585. The minimum atomic E-state index is -0.425. The number of carbonyl (C=O) groups is 1. The summed E-state index contributed by atoms with van der Waals surface area (Å²) in [4.78, 5) is 20.1. The molecule has 0 spiro atoms. The van der Waals surface area contributed by atoms with E-state index in [1.807, 2.05) is 12.3 Å². The van der Waals surface area contributed by atoms with E-state index in [0.29, 0.717) is 10.9 Å². The van der Waals surface area contributed by atoms with E-state index in [2.05, 4.69) is 20.7 Å². The van der Waals surface area contributed by atoms with Crippen molar-refractivity contribution >= 4 is 39.8 Å². The van der Waals surface area contributed by atoms with E-state index in [1.54, 1.807) is 12.1 Å². The Kier molecular flexibility index (Phi) is 3.75. The van der Waals surface area contributed by atoms with Crippen molar-refractivity contribution < 1.29 is 4.79 Å². The minimum Gasteiger partial charge on any atom is -0.308 e. The highest BCUT2D eigenvalue weighted by Gasteiger charge is 2.14. The molecule has 2 rings (SSSR count). The Morgan fingerprint density at radius 3 is 2.83 bits per heavy atom.